The molecule has 1 heterocycles. The molecule has 20 heavy (non-hydrogen) atoms. The molecule has 0 radical (unpaired) electrons. The van der Waals surface area contributed by atoms with Crippen LogP contribution >= 0.6 is 0 Å². The van der Waals surface area contributed by atoms with Crippen molar-refractivity contribution >= 4 is 5.91 Å². The number of aromatic nitrogens is 2. The van der Waals surface area contributed by atoms with Gasteiger partial charge >= 0.3 is 0 Å². The third-order valence-electron chi connectivity index (χ3n) is 4.18. The molecule has 0 saturated heterocycles. The third kappa shape index (κ3) is 3.39. The van der Waals surface area contributed by atoms with Crippen molar-refractivity contribution in [3.05, 3.63) is 18.0 Å². The van der Waals surface area contributed by atoms with Gasteiger partial charge in [0.1, 0.15) is 5.69 Å². The van der Waals surface area contributed by atoms with Crippen LogP contribution in [0, 0.1) is 5.41 Å². The first-order valence-electron chi connectivity index (χ1n) is 7.39. The largest absolute Gasteiger partial charge is 0.384 e. The minimum Gasteiger partial charge on any atom is -0.384 e. The Balaban J connectivity index is 1.79. The van der Waals surface area contributed by atoms with Crippen LogP contribution in [0.5, 0.6) is 0 Å². The van der Waals surface area contributed by atoms with Crippen LogP contribution in [0.3, 0.4) is 0 Å². The number of hydrogen-bond donors (Lipinski definition) is 1. The molecule has 1 saturated carbocycles. The molecule has 0 unspecified atom stereocenters. The van der Waals surface area contributed by atoms with Crippen LogP contribution in [-0.4, -0.2) is 35.9 Å². The van der Waals surface area contributed by atoms with Crippen molar-refractivity contribution in [1.29, 1.82) is 0 Å². The zero-order chi connectivity index (χ0) is 14.6. The Morgan fingerprint density at radius 3 is 2.80 bits per heavy atom. The van der Waals surface area contributed by atoms with Crippen molar-refractivity contribution in [3.8, 4) is 0 Å². The van der Waals surface area contributed by atoms with Crippen molar-refractivity contribution in [2.45, 2.75) is 45.6 Å². The van der Waals surface area contributed by atoms with Crippen molar-refractivity contribution in [1.82, 2.24) is 15.1 Å². The first kappa shape index (κ1) is 15.0. The number of carbonyl (C=O) groups excluding carboxylic acids is 1. The predicted molar refractivity (Wildman–Crippen MR) is 77.7 cm³/mol. The summed E-state index contributed by atoms with van der Waals surface area (Å²) in [5.74, 6) is -0.0868. The minimum atomic E-state index is -0.0868. The second-order valence-electron chi connectivity index (χ2n) is 6.07. The van der Waals surface area contributed by atoms with Crippen molar-refractivity contribution < 1.29 is 9.53 Å². The quantitative estimate of drug-likeness (QED) is 0.834. The lowest BCUT2D eigenvalue weighted by molar-refractivity contribution is 0.0109. The van der Waals surface area contributed by atoms with Crippen molar-refractivity contribution in [3.63, 3.8) is 0 Å². The van der Waals surface area contributed by atoms with Gasteiger partial charge in [-0.05, 0) is 44.6 Å². The summed E-state index contributed by atoms with van der Waals surface area (Å²) in [6, 6.07) is 2.04. The highest BCUT2D eigenvalue weighted by Gasteiger charge is 2.36. The van der Waals surface area contributed by atoms with Crippen LogP contribution in [0.25, 0.3) is 0 Å². The van der Waals surface area contributed by atoms with Crippen LogP contribution in [0.15, 0.2) is 12.3 Å². The fourth-order valence-electron chi connectivity index (χ4n) is 2.73. The molecule has 1 fully saturated rings. The Kier molecular flexibility index (Phi) is 4.81. The molecule has 1 aliphatic rings. The van der Waals surface area contributed by atoms with Crippen LogP contribution in [0.1, 0.15) is 56.1 Å². The van der Waals surface area contributed by atoms with Crippen LogP contribution in [0.2, 0.25) is 0 Å². The molecule has 1 amide bonds. The lowest BCUT2D eigenvalue weighted by Gasteiger charge is -2.41. The van der Waals surface area contributed by atoms with E-state index in [-0.39, 0.29) is 11.9 Å². The van der Waals surface area contributed by atoms with E-state index in [2.05, 4.69) is 10.4 Å². The third-order valence-corrected chi connectivity index (χ3v) is 4.18. The maximum atomic E-state index is 12.0. The smallest absolute Gasteiger partial charge is 0.271 e. The molecule has 1 aliphatic carbocycles. The summed E-state index contributed by atoms with van der Waals surface area (Å²) >= 11 is 0. The summed E-state index contributed by atoms with van der Waals surface area (Å²) in [5.41, 5.74) is 0.785. The molecule has 1 aromatic heterocycles. The van der Waals surface area contributed by atoms with Gasteiger partial charge in [-0.3, -0.25) is 9.48 Å². The summed E-state index contributed by atoms with van der Waals surface area (Å²) in [6.45, 7) is 5.57. The lowest BCUT2D eigenvalue weighted by atomic mass is 9.67. The SMILES string of the molecule is COCC1(CCNC(=O)c2ccn(C(C)C)n2)CCC1. The number of nitrogens with one attached hydrogen (secondary N) is 1. The first-order chi connectivity index (χ1) is 9.56. The average Bonchev–Trinajstić information content (AvgIpc) is 2.85. The van der Waals surface area contributed by atoms with E-state index in [1.54, 1.807) is 17.9 Å². The van der Waals surface area contributed by atoms with E-state index < -0.39 is 0 Å². The van der Waals surface area contributed by atoms with E-state index in [0.717, 1.165) is 13.0 Å². The number of methoxy groups -OCH3 is 1. The van der Waals surface area contributed by atoms with E-state index in [1.807, 2.05) is 20.0 Å². The molecule has 0 atom stereocenters. The predicted octanol–water partition coefficient (Wildman–Crippen LogP) is 2.40. The van der Waals surface area contributed by atoms with Crippen LogP contribution < -0.4 is 5.32 Å². The van der Waals surface area contributed by atoms with Gasteiger partial charge < -0.3 is 10.1 Å². The molecule has 1 N–H and O–H groups in total. The molecular formula is C15H25N3O2. The van der Waals surface area contributed by atoms with Gasteiger partial charge in [-0.1, -0.05) is 6.42 Å². The topological polar surface area (TPSA) is 56.1 Å². The molecular weight excluding hydrogens is 254 g/mol. The Hall–Kier alpha value is -1.36. The van der Waals surface area contributed by atoms with Gasteiger partial charge in [0.15, 0.2) is 0 Å². The van der Waals surface area contributed by atoms with E-state index >= 15 is 0 Å². The Bertz CT molecular complexity index is 450. The molecule has 112 valence electrons. The highest BCUT2D eigenvalue weighted by Crippen LogP contribution is 2.43. The van der Waals surface area contributed by atoms with Crippen molar-refractivity contribution in [2.24, 2.45) is 5.41 Å². The molecule has 0 bridgehead atoms. The maximum absolute atomic E-state index is 12.0. The highest BCUT2D eigenvalue weighted by atomic mass is 16.5. The molecule has 0 aromatic carbocycles. The second-order valence-corrected chi connectivity index (χ2v) is 6.07. The summed E-state index contributed by atoms with van der Waals surface area (Å²) < 4.78 is 7.09. The fourth-order valence-corrected chi connectivity index (χ4v) is 2.73. The molecule has 0 aliphatic heterocycles. The summed E-state index contributed by atoms with van der Waals surface area (Å²) in [7, 11) is 1.75. The highest BCUT2D eigenvalue weighted by molar-refractivity contribution is 5.92. The molecule has 2 rings (SSSR count). The molecule has 5 nitrogen and oxygen atoms in total. The van der Waals surface area contributed by atoms with Gasteiger partial charge in [0, 0.05) is 25.9 Å². The zero-order valence-corrected chi connectivity index (χ0v) is 12.7. The van der Waals surface area contributed by atoms with Gasteiger partial charge in [0.25, 0.3) is 5.91 Å². The van der Waals surface area contributed by atoms with E-state index in [9.17, 15) is 4.79 Å². The number of carbonyl (C=O) groups is 1. The van der Waals surface area contributed by atoms with E-state index in [0.29, 0.717) is 17.7 Å². The van der Waals surface area contributed by atoms with Gasteiger partial charge in [-0.15, -0.1) is 0 Å². The average molecular weight is 279 g/mol. The number of ether oxygens (including phenoxy) is 1. The monoisotopic (exact) mass is 279 g/mol. The second kappa shape index (κ2) is 6.39. The summed E-state index contributed by atoms with van der Waals surface area (Å²) in [6.07, 6.45) is 6.52. The van der Waals surface area contributed by atoms with Gasteiger partial charge in [-0.2, -0.15) is 5.10 Å². The Morgan fingerprint density at radius 1 is 1.55 bits per heavy atom. The van der Waals surface area contributed by atoms with E-state index in [4.69, 9.17) is 4.74 Å². The normalized spacial score (nSPS) is 17.0. The van der Waals surface area contributed by atoms with Crippen LogP contribution in [-0.2, 0) is 4.74 Å². The number of rotatable bonds is 7. The molecule has 5 heteroatoms. The maximum Gasteiger partial charge on any atom is 0.271 e. The standard InChI is InChI=1S/C15H25N3O2/c1-12(2)18-10-5-13(17-18)14(19)16-9-8-15(11-20-3)6-4-7-15/h5,10,12H,4,6-9,11H2,1-3H3,(H,16,19). The lowest BCUT2D eigenvalue weighted by Crippen LogP contribution is -2.38. The number of hydrogen-bond acceptors (Lipinski definition) is 3. The summed E-state index contributed by atoms with van der Waals surface area (Å²) in [5, 5.41) is 7.24. The van der Waals surface area contributed by atoms with Gasteiger partial charge in [-0.25, -0.2) is 0 Å². The van der Waals surface area contributed by atoms with Gasteiger partial charge in [0.2, 0.25) is 0 Å². The number of nitrogens with zero attached hydrogens (tertiary/aromatic N) is 2. The first-order valence-corrected chi connectivity index (χ1v) is 7.39. The Morgan fingerprint density at radius 2 is 2.30 bits per heavy atom. The molecule has 0 spiro atoms. The zero-order valence-electron chi connectivity index (χ0n) is 12.7. The van der Waals surface area contributed by atoms with Crippen molar-refractivity contribution in [2.75, 3.05) is 20.3 Å². The Labute approximate surface area is 120 Å². The minimum absolute atomic E-state index is 0.0868. The fraction of sp³-hybridized carbons (Fsp3) is 0.733. The number of amides is 1. The van der Waals surface area contributed by atoms with Crippen LogP contribution in [0.4, 0.5) is 0 Å². The van der Waals surface area contributed by atoms with Gasteiger partial charge in [0.05, 0.1) is 6.61 Å². The molecule has 1 aromatic rings. The summed E-state index contributed by atoms with van der Waals surface area (Å²) in [4.78, 5) is 12.0. The van der Waals surface area contributed by atoms with E-state index in [1.165, 1.54) is 19.3 Å².